The van der Waals surface area contributed by atoms with E-state index in [9.17, 15) is 14.4 Å². The molecule has 0 bridgehead atoms. The van der Waals surface area contributed by atoms with Gasteiger partial charge in [0.1, 0.15) is 5.69 Å². The lowest BCUT2D eigenvalue weighted by Gasteiger charge is -2.14. The number of hydrogen-bond donors (Lipinski definition) is 2. The second-order valence-corrected chi connectivity index (χ2v) is 9.55. The molecule has 3 aromatic rings. The van der Waals surface area contributed by atoms with Crippen molar-refractivity contribution < 1.29 is 9.59 Å². The Balaban J connectivity index is 1.56. The van der Waals surface area contributed by atoms with Gasteiger partial charge in [-0.25, -0.2) is 4.68 Å². The molecule has 180 valence electrons. The highest BCUT2D eigenvalue weighted by molar-refractivity contribution is 8.01. The summed E-state index contributed by atoms with van der Waals surface area (Å²) in [6.07, 6.45) is 0. The molecule has 1 unspecified atom stereocenters. The van der Waals surface area contributed by atoms with Crippen LogP contribution in [0, 0.1) is 6.92 Å². The molecule has 3 rings (SSSR count). The first-order valence-electron chi connectivity index (χ1n) is 11.0. The van der Waals surface area contributed by atoms with Gasteiger partial charge in [0.25, 0.3) is 5.56 Å². The molecule has 0 aliphatic heterocycles. The summed E-state index contributed by atoms with van der Waals surface area (Å²) in [6, 6.07) is 17.2. The third kappa shape index (κ3) is 5.91. The third-order valence-electron chi connectivity index (χ3n) is 5.55. The number of carbonyl (C=O) groups is 2. The fourth-order valence-electron chi connectivity index (χ4n) is 3.41. The number of hydrogen-bond acceptors (Lipinski definition) is 5. The van der Waals surface area contributed by atoms with Crippen molar-refractivity contribution in [2.45, 2.75) is 25.6 Å². The van der Waals surface area contributed by atoms with Gasteiger partial charge < -0.3 is 15.5 Å². The van der Waals surface area contributed by atoms with Crippen LogP contribution in [0.2, 0.25) is 0 Å². The molecule has 8 nitrogen and oxygen atoms in total. The lowest BCUT2D eigenvalue weighted by atomic mass is 10.2. The highest BCUT2D eigenvalue weighted by Gasteiger charge is 2.21. The minimum Gasteiger partial charge on any atom is -0.378 e. The fourth-order valence-corrected chi connectivity index (χ4v) is 4.12. The molecule has 0 radical (unpaired) electrons. The Kier molecular flexibility index (Phi) is 8.22. The number of nitrogens with one attached hydrogen (secondary N) is 2. The standard InChI is InChI=1S/C25H31N5O3S/c1-17-23(25(33)30(29(17)5)20-11-7-6-8-12-20)27-24(32)18(2)34-16-22(31)26-15-19-10-9-13-21(14-19)28(3)4/h6-14,18H,15-16H2,1-5H3,(H,26,31)(H,27,32). The van der Waals surface area contributed by atoms with E-state index in [0.717, 1.165) is 11.3 Å². The van der Waals surface area contributed by atoms with Crippen molar-refractivity contribution in [2.75, 3.05) is 30.1 Å². The van der Waals surface area contributed by atoms with Crippen molar-refractivity contribution in [3.05, 3.63) is 76.2 Å². The predicted octanol–water partition coefficient (Wildman–Crippen LogP) is 2.93. The molecule has 1 heterocycles. The Morgan fingerprint density at radius 2 is 1.79 bits per heavy atom. The molecular formula is C25H31N5O3S. The molecular weight excluding hydrogens is 450 g/mol. The van der Waals surface area contributed by atoms with Crippen LogP contribution in [0.25, 0.3) is 5.69 Å². The molecule has 2 N–H and O–H groups in total. The second kappa shape index (κ2) is 11.1. The monoisotopic (exact) mass is 481 g/mol. The molecule has 34 heavy (non-hydrogen) atoms. The van der Waals surface area contributed by atoms with Crippen molar-refractivity contribution in [2.24, 2.45) is 7.05 Å². The molecule has 0 aliphatic rings. The predicted molar refractivity (Wildman–Crippen MR) is 139 cm³/mol. The smallest absolute Gasteiger partial charge is 0.295 e. The number of nitrogens with zero attached hydrogens (tertiary/aromatic N) is 3. The lowest BCUT2D eigenvalue weighted by Crippen LogP contribution is -2.30. The number of amides is 2. The highest BCUT2D eigenvalue weighted by atomic mass is 32.2. The van der Waals surface area contributed by atoms with Gasteiger partial charge in [-0.05, 0) is 43.7 Å². The average molecular weight is 482 g/mol. The SMILES string of the molecule is Cc1c(NC(=O)C(C)SCC(=O)NCc2cccc(N(C)C)c2)c(=O)n(-c2ccccc2)n1C. The number of thioether (sulfide) groups is 1. The summed E-state index contributed by atoms with van der Waals surface area (Å²) in [5, 5.41) is 5.14. The number of carbonyl (C=O) groups excluding carboxylic acids is 2. The van der Waals surface area contributed by atoms with Gasteiger partial charge in [-0.2, -0.15) is 0 Å². The number of benzene rings is 2. The van der Waals surface area contributed by atoms with Crippen LogP contribution in [0.15, 0.2) is 59.4 Å². The summed E-state index contributed by atoms with van der Waals surface area (Å²) in [5.41, 5.74) is 3.38. The minimum atomic E-state index is -0.507. The van der Waals surface area contributed by atoms with E-state index in [0.29, 0.717) is 17.9 Å². The molecule has 0 fully saturated rings. The van der Waals surface area contributed by atoms with Crippen LogP contribution in [-0.2, 0) is 23.2 Å². The molecule has 0 spiro atoms. The van der Waals surface area contributed by atoms with Crippen LogP contribution in [0.3, 0.4) is 0 Å². The molecule has 0 saturated carbocycles. The van der Waals surface area contributed by atoms with E-state index in [4.69, 9.17) is 0 Å². The maximum atomic E-state index is 13.0. The van der Waals surface area contributed by atoms with Gasteiger partial charge in [-0.3, -0.25) is 19.1 Å². The van der Waals surface area contributed by atoms with E-state index < -0.39 is 5.25 Å². The van der Waals surface area contributed by atoms with E-state index in [1.807, 2.05) is 73.6 Å². The van der Waals surface area contributed by atoms with Crippen molar-refractivity contribution in [1.82, 2.24) is 14.7 Å². The largest absolute Gasteiger partial charge is 0.378 e. The number of para-hydroxylation sites is 1. The molecule has 2 aromatic carbocycles. The quantitative estimate of drug-likeness (QED) is 0.491. The lowest BCUT2D eigenvalue weighted by molar-refractivity contribution is -0.118. The molecule has 9 heteroatoms. The molecule has 1 atom stereocenters. The van der Waals surface area contributed by atoms with E-state index in [2.05, 4.69) is 10.6 Å². The van der Waals surface area contributed by atoms with Gasteiger partial charge in [0, 0.05) is 33.4 Å². The summed E-state index contributed by atoms with van der Waals surface area (Å²) in [6.45, 7) is 3.93. The Hall–Kier alpha value is -3.46. The van der Waals surface area contributed by atoms with E-state index >= 15 is 0 Å². The van der Waals surface area contributed by atoms with Gasteiger partial charge in [-0.1, -0.05) is 30.3 Å². The number of rotatable bonds is 9. The zero-order valence-electron chi connectivity index (χ0n) is 20.2. The minimum absolute atomic E-state index is 0.143. The summed E-state index contributed by atoms with van der Waals surface area (Å²) >= 11 is 1.23. The maximum absolute atomic E-state index is 13.0. The van der Waals surface area contributed by atoms with E-state index in [-0.39, 0.29) is 28.8 Å². The maximum Gasteiger partial charge on any atom is 0.295 e. The average Bonchev–Trinajstić information content (AvgIpc) is 3.04. The van der Waals surface area contributed by atoms with Crippen LogP contribution in [0.1, 0.15) is 18.2 Å². The van der Waals surface area contributed by atoms with E-state index in [1.165, 1.54) is 16.4 Å². The summed E-state index contributed by atoms with van der Waals surface area (Å²) in [5.74, 6) is -0.325. The zero-order chi connectivity index (χ0) is 24.8. The summed E-state index contributed by atoms with van der Waals surface area (Å²) in [4.78, 5) is 40.0. The van der Waals surface area contributed by atoms with Gasteiger partial charge in [-0.15, -0.1) is 11.8 Å². The fraction of sp³-hybridized carbons (Fsp3) is 0.320. The van der Waals surface area contributed by atoms with Crippen LogP contribution < -0.4 is 21.1 Å². The van der Waals surface area contributed by atoms with E-state index in [1.54, 1.807) is 25.6 Å². The molecule has 2 amide bonds. The van der Waals surface area contributed by atoms with Crippen LogP contribution in [-0.4, -0.2) is 46.3 Å². The highest BCUT2D eigenvalue weighted by Crippen LogP contribution is 2.17. The van der Waals surface area contributed by atoms with Gasteiger partial charge >= 0.3 is 0 Å². The normalized spacial score (nSPS) is 11.7. The Bertz CT molecular complexity index is 1220. The molecule has 0 aliphatic carbocycles. The van der Waals surface area contributed by atoms with Crippen molar-refractivity contribution in [3.8, 4) is 5.69 Å². The Morgan fingerprint density at radius 1 is 1.09 bits per heavy atom. The van der Waals surface area contributed by atoms with Crippen molar-refractivity contribution >= 4 is 35.0 Å². The van der Waals surface area contributed by atoms with Crippen molar-refractivity contribution in [3.63, 3.8) is 0 Å². The number of anilines is 2. The van der Waals surface area contributed by atoms with Gasteiger partial charge in [0.15, 0.2) is 0 Å². The van der Waals surface area contributed by atoms with Crippen LogP contribution in [0.4, 0.5) is 11.4 Å². The third-order valence-corrected chi connectivity index (χ3v) is 6.70. The van der Waals surface area contributed by atoms with Crippen LogP contribution in [0.5, 0.6) is 0 Å². The first-order valence-corrected chi connectivity index (χ1v) is 12.0. The summed E-state index contributed by atoms with van der Waals surface area (Å²) in [7, 11) is 5.71. The zero-order valence-corrected chi connectivity index (χ0v) is 21.0. The second-order valence-electron chi connectivity index (χ2n) is 8.22. The molecule has 1 aromatic heterocycles. The van der Waals surface area contributed by atoms with Gasteiger partial charge in [0.05, 0.1) is 22.4 Å². The Labute approximate surface area is 203 Å². The van der Waals surface area contributed by atoms with Crippen molar-refractivity contribution in [1.29, 1.82) is 0 Å². The molecule has 0 saturated heterocycles. The Morgan fingerprint density at radius 3 is 2.47 bits per heavy atom. The van der Waals surface area contributed by atoms with Crippen LogP contribution >= 0.6 is 11.8 Å². The summed E-state index contributed by atoms with van der Waals surface area (Å²) < 4.78 is 3.23. The van der Waals surface area contributed by atoms with Gasteiger partial charge in [0.2, 0.25) is 11.8 Å². The topological polar surface area (TPSA) is 88.4 Å². The first-order chi connectivity index (χ1) is 16.2. The number of aromatic nitrogens is 2. The first kappa shape index (κ1) is 25.2.